The van der Waals surface area contributed by atoms with Crippen molar-refractivity contribution in [1.29, 1.82) is 0 Å². The maximum atomic E-state index is 12.8. The lowest BCUT2D eigenvalue weighted by Crippen LogP contribution is -2.52. The molecule has 1 N–H and O–H groups in total. The second kappa shape index (κ2) is 11.6. The van der Waals surface area contributed by atoms with E-state index in [9.17, 15) is 13.2 Å². The van der Waals surface area contributed by atoms with Gasteiger partial charge in [0.1, 0.15) is 0 Å². The normalized spacial score (nSPS) is 15.4. The Kier molecular flexibility index (Phi) is 10.3. The SMILES string of the molecule is CCCc1ccc(S(=O)(=O)N2CCN(C(=O)CNCCOC)CC2)cc1.Cl. The molecule has 1 heterocycles. The molecule has 1 aromatic carbocycles. The van der Waals surface area contributed by atoms with E-state index < -0.39 is 10.0 Å². The van der Waals surface area contributed by atoms with E-state index in [2.05, 4.69) is 12.2 Å². The Morgan fingerprint density at radius 2 is 1.78 bits per heavy atom. The Morgan fingerprint density at radius 1 is 1.15 bits per heavy atom. The van der Waals surface area contributed by atoms with Crippen molar-refractivity contribution >= 4 is 28.3 Å². The molecular formula is C18H30ClN3O4S. The van der Waals surface area contributed by atoms with Crippen LogP contribution < -0.4 is 5.32 Å². The third-order valence-electron chi connectivity index (χ3n) is 4.45. The average Bonchev–Trinajstić information content (AvgIpc) is 2.66. The zero-order valence-electron chi connectivity index (χ0n) is 16.0. The standard InChI is InChI=1S/C18H29N3O4S.ClH/c1-3-4-16-5-7-17(8-6-16)26(23,24)21-12-10-20(11-13-21)18(22)15-19-9-14-25-2;/h5-8,19H,3-4,9-15H2,1-2H3;1H. The van der Waals surface area contributed by atoms with Gasteiger partial charge in [0, 0.05) is 39.8 Å². The quantitative estimate of drug-likeness (QED) is 0.607. The highest BCUT2D eigenvalue weighted by molar-refractivity contribution is 7.89. The van der Waals surface area contributed by atoms with Gasteiger partial charge in [0.25, 0.3) is 0 Å². The summed E-state index contributed by atoms with van der Waals surface area (Å²) in [6.45, 7) is 4.98. The number of hydrogen-bond acceptors (Lipinski definition) is 5. The van der Waals surface area contributed by atoms with Gasteiger partial charge >= 0.3 is 0 Å². The number of piperazine rings is 1. The first-order chi connectivity index (χ1) is 12.5. The molecule has 2 rings (SSSR count). The molecule has 0 atom stereocenters. The van der Waals surface area contributed by atoms with E-state index in [-0.39, 0.29) is 24.9 Å². The summed E-state index contributed by atoms with van der Waals surface area (Å²) in [5.74, 6) is -0.0120. The molecule has 1 aromatic rings. The smallest absolute Gasteiger partial charge is 0.243 e. The van der Waals surface area contributed by atoms with Gasteiger partial charge in [-0.15, -0.1) is 12.4 Å². The number of carbonyl (C=O) groups is 1. The van der Waals surface area contributed by atoms with E-state index in [1.54, 1.807) is 24.1 Å². The van der Waals surface area contributed by atoms with Gasteiger partial charge < -0.3 is 15.0 Å². The molecule has 0 radical (unpaired) electrons. The predicted molar refractivity (Wildman–Crippen MR) is 108 cm³/mol. The molecule has 9 heteroatoms. The van der Waals surface area contributed by atoms with Crippen LogP contribution in [0.4, 0.5) is 0 Å². The van der Waals surface area contributed by atoms with Crippen LogP contribution in [-0.4, -0.2) is 76.5 Å². The number of benzene rings is 1. The van der Waals surface area contributed by atoms with E-state index >= 15 is 0 Å². The molecule has 1 fully saturated rings. The summed E-state index contributed by atoms with van der Waals surface area (Å²) in [5, 5.41) is 3.02. The van der Waals surface area contributed by atoms with Gasteiger partial charge in [0.15, 0.2) is 0 Å². The lowest BCUT2D eigenvalue weighted by atomic mass is 10.1. The van der Waals surface area contributed by atoms with Crippen LogP contribution in [0.5, 0.6) is 0 Å². The number of halogens is 1. The Bertz CT molecular complexity index is 674. The van der Waals surface area contributed by atoms with Crippen molar-refractivity contribution in [2.24, 2.45) is 0 Å². The first-order valence-electron chi connectivity index (χ1n) is 9.05. The highest BCUT2D eigenvalue weighted by atomic mass is 35.5. The zero-order chi connectivity index (χ0) is 19.0. The molecule has 1 aliphatic rings. The highest BCUT2D eigenvalue weighted by Gasteiger charge is 2.29. The molecule has 27 heavy (non-hydrogen) atoms. The molecule has 1 amide bonds. The monoisotopic (exact) mass is 419 g/mol. The second-order valence-corrected chi connectivity index (χ2v) is 8.29. The van der Waals surface area contributed by atoms with E-state index in [0.29, 0.717) is 44.2 Å². The number of nitrogens with one attached hydrogen (secondary N) is 1. The van der Waals surface area contributed by atoms with Gasteiger partial charge in [0.05, 0.1) is 18.0 Å². The van der Waals surface area contributed by atoms with Crippen molar-refractivity contribution in [2.75, 3.05) is 53.0 Å². The van der Waals surface area contributed by atoms with Gasteiger partial charge in [-0.05, 0) is 24.1 Å². The lowest BCUT2D eigenvalue weighted by molar-refractivity contribution is -0.131. The van der Waals surface area contributed by atoms with Crippen LogP contribution in [-0.2, 0) is 26.0 Å². The Labute approximate surface area is 168 Å². The zero-order valence-corrected chi connectivity index (χ0v) is 17.7. The third kappa shape index (κ3) is 6.73. The minimum Gasteiger partial charge on any atom is -0.383 e. The van der Waals surface area contributed by atoms with Crippen molar-refractivity contribution in [3.63, 3.8) is 0 Å². The molecular weight excluding hydrogens is 390 g/mol. The van der Waals surface area contributed by atoms with Crippen molar-refractivity contribution in [3.05, 3.63) is 29.8 Å². The molecule has 7 nitrogen and oxygen atoms in total. The number of amides is 1. The summed E-state index contributed by atoms with van der Waals surface area (Å²) in [6.07, 6.45) is 1.97. The van der Waals surface area contributed by atoms with Gasteiger partial charge in [-0.1, -0.05) is 25.5 Å². The van der Waals surface area contributed by atoms with E-state index in [1.165, 1.54) is 4.31 Å². The Balaban J connectivity index is 0.00000364. The van der Waals surface area contributed by atoms with Gasteiger partial charge in [-0.3, -0.25) is 4.79 Å². The molecule has 1 saturated heterocycles. The summed E-state index contributed by atoms with van der Waals surface area (Å²) in [6, 6.07) is 7.11. The second-order valence-electron chi connectivity index (χ2n) is 6.35. The van der Waals surface area contributed by atoms with Crippen LogP contribution in [0.1, 0.15) is 18.9 Å². The number of hydrogen-bond donors (Lipinski definition) is 1. The Morgan fingerprint density at radius 3 is 2.33 bits per heavy atom. The number of aryl methyl sites for hydroxylation is 1. The summed E-state index contributed by atoms with van der Waals surface area (Å²) in [5.41, 5.74) is 1.14. The lowest BCUT2D eigenvalue weighted by Gasteiger charge is -2.34. The molecule has 0 saturated carbocycles. The minimum absolute atomic E-state index is 0. The highest BCUT2D eigenvalue weighted by Crippen LogP contribution is 2.18. The van der Waals surface area contributed by atoms with Gasteiger partial charge in [-0.25, -0.2) is 8.42 Å². The maximum Gasteiger partial charge on any atom is 0.243 e. The summed E-state index contributed by atoms with van der Waals surface area (Å²) >= 11 is 0. The molecule has 154 valence electrons. The number of sulfonamides is 1. The number of rotatable bonds is 9. The van der Waals surface area contributed by atoms with Crippen LogP contribution in [0, 0.1) is 0 Å². The van der Waals surface area contributed by atoms with Gasteiger partial charge in [0.2, 0.25) is 15.9 Å². The number of methoxy groups -OCH3 is 1. The first kappa shape index (κ1) is 23.8. The fraction of sp³-hybridized carbons (Fsp3) is 0.611. The largest absolute Gasteiger partial charge is 0.383 e. The molecule has 1 aliphatic heterocycles. The summed E-state index contributed by atoms with van der Waals surface area (Å²) in [4.78, 5) is 14.2. The van der Waals surface area contributed by atoms with Crippen LogP contribution in [0.25, 0.3) is 0 Å². The fourth-order valence-corrected chi connectivity index (χ4v) is 4.35. The molecule has 0 bridgehead atoms. The number of nitrogens with zero attached hydrogens (tertiary/aromatic N) is 2. The number of ether oxygens (including phenoxy) is 1. The third-order valence-corrected chi connectivity index (χ3v) is 6.36. The van der Waals surface area contributed by atoms with E-state index in [0.717, 1.165) is 18.4 Å². The van der Waals surface area contributed by atoms with Crippen molar-refractivity contribution in [2.45, 2.75) is 24.7 Å². The molecule has 0 spiro atoms. The molecule has 0 aliphatic carbocycles. The summed E-state index contributed by atoms with van der Waals surface area (Å²) in [7, 11) is -1.89. The Hall–Kier alpha value is -1.19. The van der Waals surface area contributed by atoms with E-state index in [1.807, 2.05) is 12.1 Å². The van der Waals surface area contributed by atoms with Gasteiger partial charge in [-0.2, -0.15) is 4.31 Å². The van der Waals surface area contributed by atoms with Crippen LogP contribution in [0.2, 0.25) is 0 Å². The van der Waals surface area contributed by atoms with Crippen LogP contribution >= 0.6 is 12.4 Å². The number of carbonyl (C=O) groups excluding carboxylic acids is 1. The maximum absolute atomic E-state index is 12.8. The van der Waals surface area contributed by atoms with Crippen molar-refractivity contribution < 1.29 is 17.9 Å². The minimum atomic E-state index is -3.50. The topological polar surface area (TPSA) is 79.0 Å². The summed E-state index contributed by atoms with van der Waals surface area (Å²) < 4.78 is 31.9. The predicted octanol–water partition coefficient (Wildman–Crippen LogP) is 1.13. The first-order valence-corrected chi connectivity index (χ1v) is 10.5. The van der Waals surface area contributed by atoms with Crippen molar-refractivity contribution in [1.82, 2.24) is 14.5 Å². The molecule has 0 aromatic heterocycles. The molecule has 0 unspecified atom stereocenters. The van der Waals surface area contributed by atoms with Crippen LogP contribution in [0.15, 0.2) is 29.2 Å². The van der Waals surface area contributed by atoms with Crippen molar-refractivity contribution in [3.8, 4) is 0 Å². The fourth-order valence-electron chi connectivity index (χ4n) is 2.93. The van der Waals surface area contributed by atoms with E-state index in [4.69, 9.17) is 4.74 Å². The van der Waals surface area contributed by atoms with Crippen LogP contribution in [0.3, 0.4) is 0 Å². The average molecular weight is 420 g/mol.